The Morgan fingerprint density at radius 3 is 2.29 bits per heavy atom. The van der Waals surface area contributed by atoms with Gasteiger partial charge < -0.3 is 35.7 Å². The lowest BCUT2D eigenvalue weighted by atomic mass is 10.1. The maximum atomic E-state index is 12.9. The molecule has 5 rings (SSSR count). The van der Waals surface area contributed by atoms with Crippen LogP contribution in [0.3, 0.4) is 0 Å². The lowest BCUT2D eigenvalue weighted by Gasteiger charge is -2.19. The van der Waals surface area contributed by atoms with Crippen LogP contribution in [-0.2, 0) is 27.0 Å². The molecule has 0 aliphatic heterocycles. The van der Waals surface area contributed by atoms with Gasteiger partial charge in [0.05, 0.1) is 5.54 Å². The number of benzene rings is 2. The molecule has 6 N–H and O–H groups in total. The average molecular weight is 731 g/mol. The number of carboxylic acid groups (broad SMARTS) is 1. The highest BCUT2D eigenvalue weighted by atomic mass is 35.5. The molecule has 0 saturated heterocycles. The molecule has 3 amide bonds. The summed E-state index contributed by atoms with van der Waals surface area (Å²) in [7, 11) is 1.61. The Hall–Kier alpha value is -5.98. The number of aromatic nitrogens is 5. The summed E-state index contributed by atoms with van der Waals surface area (Å²) in [4.78, 5) is 64.9. The van der Waals surface area contributed by atoms with Crippen molar-refractivity contribution < 1.29 is 42.2 Å². The van der Waals surface area contributed by atoms with Crippen molar-refractivity contribution in [2.24, 2.45) is 7.05 Å². The second kappa shape index (κ2) is 15.3. The fourth-order valence-corrected chi connectivity index (χ4v) is 4.79. The highest BCUT2D eigenvalue weighted by Gasteiger charge is 2.45. The van der Waals surface area contributed by atoms with Crippen molar-refractivity contribution in [3.8, 4) is 6.01 Å². The predicted octanol–water partition coefficient (Wildman–Crippen LogP) is 3.37. The van der Waals surface area contributed by atoms with Crippen LogP contribution in [0.2, 0.25) is 5.02 Å². The summed E-state index contributed by atoms with van der Waals surface area (Å²) in [5.41, 5.74) is 0.710. The molecular weight excluding hydrogens is 701 g/mol. The Morgan fingerprint density at radius 1 is 1.00 bits per heavy atom. The summed E-state index contributed by atoms with van der Waals surface area (Å²) in [5, 5.41) is 23.1. The third kappa shape index (κ3) is 10.0. The van der Waals surface area contributed by atoms with E-state index in [0.717, 1.165) is 5.56 Å². The van der Waals surface area contributed by atoms with Crippen molar-refractivity contribution >= 4 is 58.8 Å². The molecule has 16 nitrogen and oxygen atoms in total. The number of alkyl halides is 3. The zero-order valence-electron chi connectivity index (χ0n) is 26.6. The smallest absolute Gasteiger partial charge is 0.422 e. The van der Waals surface area contributed by atoms with E-state index < -0.39 is 54.1 Å². The third-order valence-electron chi connectivity index (χ3n) is 7.46. The summed E-state index contributed by atoms with van der Waals surface area (Å²) in [6.07, 6.45) is -0.500. The highest BCUT2D eigenvalue weighted by Crippen LogP contribution is 2.48. The van der Waals surface area contributed by atoms with E-state index in [-0.39, 0.29) is 36.4 Å². The number of imidazole rings is 1. The quantitative estimate of drug-likeness (QED) is 0.103. The van der Waals surface area contributed by atoms with E-state index in [0.29, 0.717) is 23.6 Å². The molecule has 0 unspecified atom stereocenters. The highest BCUT2D eigenvalue weighted by molar-refractivity contribution is 6.39. The molecule has 1 atom stereocenters. The van der Waals surface area contributed by atoms with Crippen molar-refractivity contribution in [1.29, 1.82) is 0 Å². The number of carbonyl (C=O) groups excluding carboxylic acids is 3. The molecule has 2 aromatic carbocycles. The van der Waals surface area contributed by atoms with Gasteiger partial charge in [-0.3, -0.25) is 19.7 Å². The van der Waals surface area contributed by atoms with Crippen LogP contribution < -0.4 is 31.3 Å². The molecule has 0 spiro atoms. The number of anilines is 4. The Kier molecular flexibility index (Phi) is 10.9. The van der Waals surface area contributed by atoms with Crippen molar-refractivity contribution in [3.63, 3.8) is 0 Å². The van der Waals surface area contributed by atoms with E-state index in [1.807, 2.05) is 12.1 Å². The van der Waals surface area contributed by atoms with Gasteiger partial charge in [0, 0.05) is 42.3 Å². The van der Waals surface area contributed by atoms with Gasteiger partial charge >= 0.3 is 30.0 Å². The minimum Gasteiger partial charge on any atom is -0.480 e. The number of aliphatic carboxylic acids is 1. The van der Waals surface area contributed by atoms with E-state index in [2.05, 4.69) is 46.5 Å². The number of nitrogens with zero attached hydrogens (tertiary/aromatic N) is 5. The summed E-state index contributed by atoms with van der Waals surface area (Å²) < 4.78 is 45.0. The molecule has 4 aromatic rings. The van der Waals surface area contributed by atoms with E-state index in [4.69, 9.17) is 16.3 Å². The zero-order chi connectivity index (χ0) is 36.8. The minimum atomic E-state index is -4.64. The molecule has 1 saturated carbocycles. The normalized spacial score (nSPS) is 13.7. The van der Waals surface area contributed by atoms with Gasteiger partial charge in [-0.25, -0.2) is 9.78 Å². The molecule has 2 heterocycles. The zero-order valence-corrected chi connectivity index (χ0v) is 27.4. The number of carboxylic acids is 1. The Labute approximate surface area is 292 Å². The number of rotatable bonds is 14. The molecule has 1 aliphatic rings. The van der Waals surface area contributed by atoms with Crippen LogP contribution in [0.1, 0.15) is 35.2 Å². The van der Waals surface area contributed by atoms with Gasteiger partial charge in [0.25, 0.3) is 5.91 Å². The summed E-state index contributed by atoms with van der Waals surface area (Å²) in [5.74, 6) is -4.22. The first kappa shape index (κ1) is 36.3. The maximum absolute atomic E-state index is 12.9. The molecule has 2 aromatic heterocycles. The van der Waals surface area contributed by atoms with Gasteiger partial charge in [-0.1, -0.05) is 23.7 Å². The number of aryl methyl sites for hydroxylation is 1. The van der Waals surface area contributed by atoms with Crippen LogP contribution in [0.5, 0.6) is 6.01 Å². The van der Waals surface area contributed by atoms with Gasteiger partial charge in [-0.15, -0.1) is 0 Å². The average Bonchev–Trinajstić information content (AvgIpc) is 3.75. The van der Waals surface area contributed by atoms with Crippen LogP contribution in [-0.4, -0.2) is 78.7 Å². The number of halogens is 4. The lowest BCUT2D eigenvalue weighted by Crippen LogP contribution is -2.44. The standard InChI is InChI=1S/C31H30ClF3N10O6/c1-45-15-14-37-28(45)40-24(48)23(47)36-13-10-21(25(49)50)39-22(46)17-2-8-20(9-3-17)38-26-41-27(43-29(42-26)51-16-31(33,34)35)44-30(11-12-30)18-4-6-19(32)7-5-18/h2-9,14-15,21H,10-13,16H2,1H3,(H,36,47)(H,39,46)(H,49,50)(H,37,40,48)(H2,38,41,42,43,44)/t21-/m0/s1. The monoisotopic (exact) mass is 730 g/mol. The van der Waals surface area contributed by atoms with Gasteiger partial charge in [-0.05, 0) is 61.2 Å². The number of carbonyl (C=O) groups is 4. The minimum absolute atomic E-state index is 0.0437. The SMILES string of the molecule is Cn1ccnc1NC(=O)C(=O)NCC[C@H](NC(=O)c1ccc(Nc2nc(NC3(c4ccc(Cl)cc4)CC3)nc(OCC(F)(F)F)n2)cc1)C(=O)O. The van der Waals surface area contributed by atoms with E-state index in [1.54, 1.807) is 25.4 Å². The Morgan fingerprint density at radius 2 is 1.69 bits per heavy atom. The topological polar surface area (TPSA) is 214 Å². The maximum Gasteiger partial charge on any atom is 0.422 e. The first-order valence-corrected chi connectivity index (χ1v) is 15.5. The summed E-state index contributed by atoms with van der Waals surface area (Å²) >= 11 is 6.01. The van der Waals surface area contributed by atoms with E-state index >= 15 is 0 Å². The van der Waals surface area contributed by atoms with Gasteiger partial charge in [0.1, 0.15) is 6.04 Å². The molecule has 51 heavy (non-hydrogen) atoms. The second-order valence-electron chi connectivity index (χ2n) is 11.3. The first-order chi connectivity index (χ1) is 24.2. The van der Waals surface area contributed by atoms with Crippen LogP contribution in [0.4, 0.5) is 36.7 Å². The third-order valence-corrected chi connectivity index (χ3v) is 7.71. The molecular formula is C31H30ClF3N10O6. The number of amides is 3. The number of hydrogen-bond acceptors (Lipinski definition) is 11. The van der Waals surface area contributed by atoms with Crippen molar-refractivity contribution in [1.82, 2.24) is 35.1 Å². The van der Waals surface area contributed by atoms with Crippen LogP contribution in [0.25, 0.3) is 0 Å². The van der Waals surface area contributed by atoms with Crippen molar-refractivity contribution in [3.05, 3.63) is 77.1 Å². The molecule has 0 bridgehead atoms. The van der Waals surface area contributed by atoms with E-state index in [9.17, 15) is 37.5 Å². The molecule has 1 fully saturated rings. The fourth-order valence-electron chi connectivity index (χ4n) is 4.66. The number of ether oxygens (including phenoxy) is 1. The fraction of sp³-hybridized carbons (Fsp3) is 0.290. The molecule has 1 aliphatic carbocycles. The van der Waals surface area contributed by atoms with Crippen molar-refractivity contribution in [2.75, 3.05) is 29.1 Å². The van der Waals surface area contributed by atoms with Gasteiger partial charge in [-0.2, -0.15) is 28.1 Å². The molecule has 0 radical (unpaired) electrons. The van der Waals surface area contributed by atoms with Crippen molar-refractivity contribution in [2.45, 2.75) is 37.0 Å². The Balaban J connectivity index is 1.20. The predicted molar refractivity (Wildman–Crippen MR) is 175 cm³/mol. The largest absolute Gasteiger partial charge is 0.480 e. The van der Waals surface area contributed by atoms with E-state index in [1.165, 1.54) is 35.0 Å². The van der Waals surface area contributed by atoms with Gasteiger partial charge in [0.15, 0.2) is 6.61 Å². The first-order valence-electron chi connectivity index (χ1n) is 15.2. The lowest BCUT2D eigenvalue weighted by molar-refractivity contribution is -0.154. The van der Waals surface area contributed by atoms with Gasteiger partial charge in [0.2, 0.25) is 17.8 Å². The summed E-state index contributed by atoms with van der Waals surface area (Å²) in [6, 6.07) is 10.7. The number of nitrogens with one attached hydrogen (secondary N) is 5. The van der Waals surface area contributed by atoms with Crippen LogP contribution in [0.15, 0.2) is 60.9 Å². The van der Waals surface area contributed by atoms with Crippen LogP contribution >= 0.6 is 11.6 Å². The summed E-state index contributed by atoms with van der Waals surface area (Å²) in [6.45, 7) is -1.88. The second-order valence-corrected chi connectivity index (χ2v) is 11.7. The Bertz CT molecular complexity index is 1900. The molecule has 268 valence electrons. The van der Waals surface area contributed by atoms with Crippen LogP contribution in [0, 0.1) is 0 Å². The molecule has 20 heteroatoms. The number of hydrogen-bond donors (Lipinski definition) is 6.